The average molecular weight is 419 g/mol. The van der Waals surface area contributed by atoms with E-state index < -0.39 is 0 Å². The van der Waals surface area contributed by atoms with Gasteiger partial charge < -0.3 is 0 Å². The Morgan fingerprint density at radius 2 is 1.38 bits per heavy atom. The lowest BCUT2D eigenvalue weighted by Crippen LogP contribution is -1.81. The zero-order valence-corrected chi connectivity index (χ0v) is 16.2. The van der Waals surface area contributed by atoms with Gasteiger partial charge >= 0.3 is 0 Å². The van der Waals surface area contributed by atoms with Gasteiger partial charge in [0.25, 0.3) is 0 Å². The summed E-state index contributed by atoms with van der Waals surface area (Å²) in [5.74, 6) is 0. The van der Waals surface area contributed by atoms with Crippen molar-refractivity contribution in [1.82, 2.24) is 4.98 Å². The van der Waals surface area contributed by atoms with E-state index >= 15 is 0 Å². The van der Waals surface area contributed by atoms with Gasteiger partial charge in [0.1, 0.15) is 0 Å². The lowest BCUT2D eigenvalue weighted by molar-refractivity contribution is 1.36. The molecule has 0 unspecified atom stereocenters. The van der Waals surface area contributed by atoms with E-state index in [0.29, 0.717) is 0 Å². The Balaban J connectivity index is 1.75. The van der Waals surface area contributed by atoms with E-state index in [2.05, 4.69) is 57.3 Å². The summed E-state index contributed by atoms with van der Waals surface area (Å²) in [6.45, 7) is 0. The zero-order valence-electron chi connectivity index (χ0n) is 13.8. The smallest absolute Gasteiger partial charge is 0.210 e. The number of aliphatic imine (C=N–C) groups is 1. The lowest BCUT2D eigenvalue weighted by atomic mass is 10.1. The molecule has 2 nitrogen and oxygen atoms in total. The molecule has 0 aliphatic heterocycles. The SMILES string of the molecule is Brc1ccc(C=Nc2nc(-c3ccccc3)c(-c3ccccc3)s2)cc1. The van der Waals surface area contributed by atoms with E-state index in [-0.39, 0.29) is 0 Å². The molecule has 4 rings (SSSR count). The first kappa shape index (κ1) is 16.9. The van der Waals surface area contributed by atoms with Gasteiger partial charge in [-0.15, -0.1) is 0 Å². The van der Waals surface area contributed by atoms with Crippen LogP contribution in [0.15, 0.2) is 94.4 Å². The monoisotopic (exact) mass is 418 g/mol. The van der Waals surface area contributed by atoms with Crippen molar-refractivity contribution in [1.29, 1.82) is 0 Å². The van der Waals surface area contributed by atoms with E-state index in [1.54, 1.807) is 11.3 Å². The molecule has 0 atom stereocenters. The molecule has 4 heteroatoms. The van der Waals surface area contributed by atoms with Gasteiger partial charge in [0.15, 0.2) is 0 Å². The summed E-state index contributed by atoms with van der Waals surface area (Å²) in [5.41, 5.74) is 4.29. The summed E-state index contributed by atoms with van der Waals surface area (Å²) in [6, 6.07) is 28.7. The Hall–Kier alpha value is -2.56. The predicted molar refractivity (Wildman–Crippen MR) is 114 cm³/mol. The molecule has 0 saturated carbocycles. The Kier molecular flexibility index (Phi) is 5.04. The van der Waals surface area contributed by atoms with Crippen LogP contribution in [-0.4, -0.2) is 11.2 Å². The highest BCUT2D eigenvalue weighted by Gasteiger charge is 2.14. The second-order valence-electron chi connectivity index (χ2n) is 5.72. The molecule has 126 valence electrons. The quantitative estimate of drug-likeness (QED) is 0.327. The van der Waals surface area contributed by atoms with Crippen LogP contribution in [0.3, 0.4) is 0 Å². The fraction of sp³-hybridized carbons (Fsp3) is 0. The molecule has 4 aromatic rings. The first-order valence-electron chi connectivity index (χ1n) is 8.21. The van der Waals surface area contributed by atoms with E-state index in [1.165, 1.54) is 0 Å². The lowest BCUT2D eigenvalue weighted by Gasteiger charge is -2.02. The number of benzene rings is 3. The van der Waals surface area contributed by atoms with Crippen molar-refractivity contribution in [3.63, 3.8) is 0 Å². The summed E-state index contributed by atoms with van der Waals surface area (Å²) in [5, 5.41) is 0.755. The second-order valence-corrected chi connectivity index (χ2v) is 7.61. The zero-order chi connectivity index (χ0) is 17.8. The number of rotatable bonds is 4. The fourth-order valence-electron chi connectivity index (χ4n) is 2.62. The van der Waals surface area contributed by atoms with E-state index in [1.807, 2.05) is 54.7 Å². The van der Waals surface area contributed by atoms with Gasteiger partial charge in [-0.25, -0.2) is 9.98 Å². The molecule has 1 aromatic heterocycles. The Labute approximate surface area is 165 Å². The van der Waals surface area contributed by atoms with Crippen LogP contribution >= 0.6 is 27.3 Å². The highest BCUT2D eigenvalue weighted by molar-refractivity contribution is 9.10. The third-order valence-electron chi connectivity index (χ3n) is 3.89. The Morgan fingerprint density at radius 1 is 0.769 bits per heavy atom. The van der Waals surface area contributed by atoms with Crippen LogP contribution in [0.4, 0.5) is 5.13 Å². The van der Waals surface area contributed by atoms with Crippen LogP contribution in [0.2, 0.25) is 0 Å². The molecule has 0 bridgehead atoms. The van der Waals surface area contributed by atoms with Gasteiger partial charge in [-0.2, -0.15) is 0 Å². The largest absolute Gasteiger partial charge is 0.227 e. The van der Waals surface area contributed by atoms with Gasteiger partial charge in [-0.3, -0.25) is 0 Å². The maximum atomic E-state index is 4.80. The normalized spacial score (nSPS) is 11.1. The summed E-state index contributed by atoms with van der Waals surface area (Å²) in [6.07, 6.45) is 1.86. The number of hydrogen-bond donors (Lipinski definition) is 0. The summed E-state index contributed by atoms with van der Waals surface area (Å²) in [7, 11) is 0. The van der Waals surface area contributed by atoms with Crippen LogP contribution in [0.25, 0.3) is 21.7 Å². The molecule has 26 heavy (non-hydrogen) atoms. The molecular formula is C22H15BrN2S. The number of aromatic nitrogens is 1. The first-order chi connectivity index (χ1) is 12.8. The molecule has 0 saturated heterocycles. The highest BCUT2D eigenvalue weighted by Crippen LogP contribution is 2.39. The molecule has 0 fully saturated rings. The van der Waals surface area contributed by atoms with Gasteiger partial charge in [0.05, 0.1) is 10.6 Å². The minimum Gasteiger partial charge on any atom is -0.227 e. The van der Waals surface area contributed by atoms with Crippen LogP contribution < -0.4 is 0 Å². The molecule has 1 heterocycles. The van der Waals surface area contributed by atoms with Crippen LogP contribution in [0, 0.1) is 0 Å². The van der Waals surface area contributed by atoms with Gasteiger partial charge in [0, 0.05) is 16.3 Å². The minimum atomic E-state index is 0.755. The van der Waals surface area contributed by atoms with Crippen molar-refractivity contribution in [2.24, 2.45) is 4.99 Å². The number of hydrogen-bond acceptors (Lipinski definition) is 3. The molecular weight excluding hydrogens is 404 g/mol. The Morgan fingerprint density at radius 3 is 2.04 bits per heavy atom. The van der Waals surface area contributed by atoms with E-state index in [4.69, 9.17) is 4.98 Å². The van der Waals surface area contributed by atoms with Crippen LogP contribution in [0.1, 0.15) is 5.56 Å². The van der Waals surface area contributed by atoms with Crippen molar-refractivity contribution in [3.8, 4) is 21.7 Å². The van der Waals surface area contributed by atoms with Crippen molar-refractivity contribution >= 4 is 38.6 Å². The summed E-state index contributed by atoms with van der Waals surface area (Å²) >= 11 is 5.06. The topological polar surface area (TPSA) is 25.2 Å². The molecule has 0 N–H and O–H groups in total. The maximum absolute atomic E-state index is 4.80. The standard InChI is InChI=1S/C22H15BrN2S/c23-19-13-11-16(12-14-19)15-24-22-25-20(17-7-3-1-4-8-17)21(26-22)18-9-5-2-6-10-18/h1-15H. The summed E-state index contributed by atoms with van der Waals surface area (Å²) in [4.78, 5) is 10.5. The summed E-state index contributed by atoms with van der Waals surface area (Å²) < 4.78 is 1.06. The molecule has 0 aliphatic carbocycles. The number of nitrogens with zero attached hydrogens (tertiary/aromatic N) is 2. The van der Waals surface area contributed by atoms with Crippen molar-refractivity contribution in [3.05, 3.63) is 95.0 Å². The number of halogens is 1. The van der Waals surface area contributed by atoms with E-state index in [9.17, 15) is 0 Å². The third-order valence-corrected chi connectivity index (χ3v) is 5.43. The highest BCUT2D eigenvalue weighted by atomic mass is 79.9. The van der Waals surface area contributed by atoms with Crippen molar-refractivity contribution in [2.45, 2.75) is 0 Å². The molecule has 0 radical (unpaired) electrons. The fourth-order valence-corrected chi connectivity index (χ4v) is 3.82. The van der Waals surface area contributed by atoms with E-state index in [0.717, 1.165) is 36.9 Å². The predicted octanol–water partition coefficient (Wildman–Crippen LogP) is 6.99. The van der Waals surface area contributed by atoms with Gasteiger partial charge in [-0.05, 0) is 23.3 Å². The second kappa shape index (κ2) is 7.77. The molecule has 0 aliphatic rings. The molecule has 0 spiro atoms. The average Bonchev–Trinajstić information content (AvgIpc) is 3.13. The van der Waals surface area contributed by atoms with Crippen LogP contribution in [0.5, 0.6) is 0 Å². The van der Waals surface area contributed by atoms with Crippen LogP contribution in [-0.2, 0) is 0 Å². The van der Waals surface area contributed by atoms with Crippen molar-refractivity contribution in [2.75, 3.05) is 0 Å². The molecule has 0 amide bonds. The minimum absolute atomic E-state index is 0.755. The maximum Gasteiger partial charge on any atom is 0.210 e. The Bertz CT molecular complexity index is 966. The number of thiazole rings is 1. The third kappa shape index (κ3) is 3.82. The first-order valence-corrected chi connectivity index (χ1v) is 9.82. The van der Waals surface area contributed by atoms with Crippen molar-refractivity contribution < 1.29 is 0 Å². The molecule has 3 aromatic carbocycles. The van der Waals surface area contributed by atoms with Gasteiger partial charge in [0.2, 0.25) is 5.13 Å². The van der Waals surface area contributed by atoms with Gasteiger partial charge in [-0.1, -0.05) is 100 Å².